The molecule has 3 nitrogen and oxygen atoms in total. The minimum atomic E-state index is -0.172. The lowest BCUT2D eigenvalue weighted by molar-refractivity contribution is -0.203. The highest BCUT2D eigenvalue weighted by Gasteiger charge is 2.68. The topological polar surface area (TPSA) is 42.4 Å². The Balaban J connectivity index is 1.28. The van der Waals surface area contributed by atoms with Crippen LogP contribution in [0.3, 0.4) is 0 Å². The highest BCUT2D eigenvalue weighted by Crippen LogP contribution is 2.70. The second kappa shape index (κ2) is 6.20. The van der Waals surface area contributed by atoms with Crippen molar-refractivity contribution in [1.29, 1.82) is 0 Å². The SMILES string of the molecule is CC12CC=C3CC4CC[C@H](O)C[C@]45CC[C@]3(O5)[C@@H]1CCC2c1ccc2ccncc2c1. The van der Waals surface area contributed by atoms with Crippen molar-refractivity contribution in [2.24, 2.45) is 17.3 Å². The van der Waals surface area contributed by atoms with Crippen molar-refractivity contribution in [3.8, 4) is 0 Å². The van der Waals surface area contributed by atoms with Crippen molar-refractivity contribution in [1.82, 2.24) is 4.98 Å². The van der Waals surface area contributed by atoms with Gasteiger partial charge in [-0.2, -0.15) is 0 Å². The Morgan fingerprint density at radius 3 is 2.94 bits per heavy atom. The molecule has 1 aromatic heterocycles. The fraction of sp³-hybridized carbons (Fsp3) is 0.607. The number of aromatic nitrogens is 1. The minimum absolute atomic E-state index is 0.0556. The predicted molar refractivity (Wildman–Crippen MR) is 122 cm³/mol. The number of ether oxygens (including phenoxy) is 1. The number of hydrogen-bond donors (Lipinski definition) is 1. The van der Waals surface area contributed by atoms with E-state index in [0.717, 1.165) is 32.1 Å². The summed E-state index contributed by atoms with van der Waals surface area (Å²) in [5, 5.41) is 13.0. The number of allylic oxidation sites excluding steroid dienone is 1. The first-order valence-electron chi connectivity index (χ1n) is 12.4. The number of rotatable bonds is 1. The van der Waals surface area contributed by atoms with Gasteiger partial charge in [0.2, 0.25) is 0 Å². The molecule has 3 heterocycles. The van der Waals surface area contributed by atoms with Gasteiger partial charge < -0.3 is 9.84 Å². The van der Waals surface area contributed by atoms with Gasteiger partial charge in [0.1, 0.15) is 0 Å². The van der Waals surface area contributed by atoms with E-state index >= 15 is 0 Å². The quantitative estimate of drug-likeness (QED) is 0.588. The molecule has 3 heteroatoms. The molecule has 3 unspecified atom stereocenters. The Kier molecular flexibility index (Phi) is 3.77. The molecule has 2 spiro atoms. The number of hydrogen-bond acceptors (Lipinski definition) is 3. The fourth-order valence-electron chi connectivity index (χ4n) is 8.79. The van der Waals surface area contributed by atoms with Gasteiger partial charge in [-0.05, 0) is 103 Å². The number of benzene rings is 1. The van der Waals surface area contributed by atoms with Gasteiger partial charge in [0.25, 0.3) is 0 Å². The monoisotopic (exact) mass is 415 g/mol. The van der Waals surface area contributed by atoms with Gasteiger partial charge in [0.05, 0.1) is 17.3 Å². The molecule has 1 N–H and O–H groups in total. The normalized spacial score (nSPS) is 45.7. The Hall–Kier alpha value is -1.71. The molecule has 0 amide bonds. The van der Waals surface area contributed by atoms with E-state index in [1.807, 2.05) is 12.4 Å². The second-order valence-electron chi connectivity index (χ2n) is 11.5. The van der Waals surface area contributed by atoms with Gasteiger partial charge in [-0.15, -0.1) is 0 Å². The first-order chi connectivity index (χ1) is 15.0. The van der Waals surface area contributed by atoms with Crippen molar-refractivity contribution in [3.05, 3.63) is 53.9 Å². The molecule has 0 radical (unpaired) electrons. The summed E-state index contributed by atoms with van der Waals surface area (Å²) < 4.78 is 7.25. The zero-order chi connectivity index (χ0) is 20.8. The van der Waals surface area contributed by atoms with Crippen LogP contribution in [0.2, 0.25) is 0 Å². The summed E-state index contributed by atoms with van der Waals surface area (Å²) in [6.45, 7) is 2.54. The zero-order valence-corrected chi connectivity index (χ0v) is 18.5. The molecule has 5 aliphatic rings. The van der Waals surface area contributed by atoms with Crippen molar-refractivity contribution in [3.63, 3.8) is 0 Å². The fourth-order valence-corrected chi connectivity index (χ4v) is 8.79. The number of nitrogens with zero attached hydrogens (tertiary/aromatic N) is 1. The summed E-state index contributed by atoms with van der Waals surface area (Å²) >= 11 is 0. The molecule has 2 bridgehead atoms. The first kappa shape index (κ1) is 18.8. The van der Waals surface area contributed by atoms with Crippen molar-refractivity contribution < 1.29 is 9.84 Å². The second-order valence-corrected chi connectivity index (χ2v) is 11.5. The Morgan fingerprint density at radius 2 is 2.00 bits per heavy atom. The minimum Gasteiger partial charge on any atom is -0.393 e. The van der Waals surface area contributed by atoms with Crippen LogP contribution in [0.15, 0.2) is 48.3 Å². The maximum absolute atomic E-state index is 10.5. The maximum atomic E-state index is 10.5. The molecule has 2 aliphatic heterocycles. The lowest BCUT2D eigenvalue weighted by Crippen LogP contribution is -2.57. The third-order valence-corrected chi connectivity index (χ3v) is 10.2. The summed E-state index contributed by atoms with van der Waals surface area (Å²) in [7, 11) is 0. The van der Waals surface area contributed by atoms with Crippen LogP contribution in [0.5, 0.6) is 0 Å². The molecule has 2 saturated heterocycles. The van der Waals surface area contributed by atoms with Crippen LogP contribution >= 0.6 is 0 Å². The predicted octanol–water partition coefficient (Wildman–Crippen LogP) is 5.92. The van der Waals surface area contributed by atoms with Crippen LogP contribution in [0, 0.1) is 17.3 Å². The van der Waals surface area contributed by atoms with Crippen LogP contribution in [0.1, 0.15) is 76.2 Å². The standard InChI is InChI=1S/C28H33NO2/c1-26-10-8-22-15-21-4-5-23(30)16-27(21)11-12-28(22,31-27)25(26)7-6-24(26)19-3-2-18-9-13-29-17-20(18)14-19/h2-3,8-9,13-14,17,21,23-25,30H,4-7,10-12,15-16H2,1H3/t21?,23-,24?,25+,26?,27+,28+/m0/s1. The molecule has 1 aromatic carbocycles. The first-order valence-corrected chi connectivity index (χ1v) is 12.4. The van der Waals surface area contributed by atoms with Crippen LogP contribution in [-0.2, 0) is 4.74 Å². The van der Waals surface area contributed by atoms with Crippen molar-refractivity contribution in [2.75, 3.05) is 0 Å². The largest absolute Gasteiger partial charge is 0.393 e. The van der Waals surface area contributed by atoms with Crippen molar-refractivity contribution >= 4 is 10.8 Å². The molecule has 7 rings (SSSR count). The van der Waals surface area contributed by atoms with Crippen LogP contribution in [0.4, 0.5) is 0 Å². The van der Waals surface area contributed by atoms with E-state index in [1.165, 1.54) is 42.0 Å². The summed E-state index contributed by atoms with van der Waals surface area (Å²) in [4.78, 5) is 4.36. The van der Waals surface area contributed by atoms with E-state index in [1.54, 1.807) is 5.57 Å². The highest BCUT2D eigenvalue weighted by molar-refractivity contribution is 5.82. The Morgan fingerprint density at radius 1 is 1.06 bits per heavy atom. The number of aliphatic hydroxyl groups is 1. The molecule has 31 heavy (non-hydrogen) atoms. The van der Waals surface area contributed by atoms with Gasteiger partial charge in [-0.1, -0.05) is 25.1 Å². The van der Waals surface area contributed by atoms with E-state index < -0.39 is 0 Å². The molecular weight excluding hydrogens is 382 g/mol. The van der Waals surface area contributed by atoms with E-state index in [9.17, 15) is 5.11 Å². The molecule has 2 saturated carbocycles. The third-order valence-electron chi connectivity index (χ3n) is 10.2. The van der Waals surface area contributed by atoms with Crippen LogP contribution in [0.25, 0.3) is 10.8 Å². The van der Waals surface area contributed by atoms with Gasteiger partial charge in [-0.25, -0.2) is 0 Å². The van der Waals surface area contributed by atoms with E-state index in [4.69, 9.17) is 4.74 Å². The molecule has 2 aromatic rings. The summed E-state index contributed by atoms with van der Waals surface area (Å²) in [6.07, 6.45) is 16.5. The van der Waals surface area contributed by atoms with Crippen LogP contribution in [-0.4, -0.2) is 27.4 Å². The smallest absolute Gasteiger partial charge is 0.0933 e. The lowest BCUT2D eigenvalue weighted by Gasteiger charge is -2.57. The van der Waals surface area contributed by atoms with E-state index in [0.29, 0.717) is 17.8 Å². The summed E-state index contributed by atoms with van der Waals surface area (Å²) in [6, 6.07) is 9.14. The van der Waals surface area contributed by atoms with Gasteiger partial charge in [-0.3, -0.25) is 4.98 Å². The van der Waals surface area contributed by atoms with E-state index in [-0.39, 0.29) is 22.7 Å². The van der Waals surface area contributed by atoms with E-state index in [2.05, 4.69) is 42.2 Å². The molecule has 3 aliphatic carbocycles. The van der Waals surface area contributed by atoms with Crippen LogP contribution < -0.4 is 0 Å². The lowest BCUT2D eigenvalue weighted by atomic mass is 9.57. The van der Waals surface area contributed by atoms with Gasteiger partial charge in [0.15, 0.2) is 0 Å². The summed E-state index contributed by atoms with van der Waals surface area (Å²) in [5.74, 6) is 1.78. The molecule has 7 atom stereocenters. The molecule has 4 fully saturated rings. The Bertz CT molecular complexity index is 1090. The van der Waals surface area contributed by atoms with Gasteiger partial charge in [0, 0.05) is 24.2 Å². The zero-order valence-electron chi connectivity index (χ0n) is 18.5. The molecular formula is C28H33NO2. The average molecular weight is 416 g/mol. The maximum Gasteiger partial charge on any atom is 0.0933 e. The summed E-state index contributed by atoms with van der Waals surface area (Å²) in [5.41, 5.74) is 3.22. The Labute approximate surface area is 184 Å². The number of aliphatic hydroxyl groups excluding tert-OH is 1. The molecule has 162 valence electrons. The van der Waals surface area contributed by atoms with Crippen molar-refractivity contribution in [2.45, 2.75) is 87.9 Å². The number of pyridine rings is 1. The van der Waals surface area contributed by atoms with Gasteiger partial charge >= 0.3 is 0 Å². The number of fused-ring (bicyclic) bond motifs is 2. The highest BCUT2D eigenvalue weighted by atomic mass is 16.5. The third kappa shape index (κ3) is 2.40. The average Bonchev–Trinajstić information content (AvgIpc) is 3.28.